The summed E-state index contributed by atoms with van der Waals surface area (Å²) >= 11 is 1.35. The van der Waals surface area contributed by atoms with Crippen molar-refractivity contribution in [1.82, 2.24) is 9.71 Å². The van der Waals surface area contributed by atoms with Gasteiger partial charge in [0.1, 0.15) is 0 Å². The second-order valence-corrected chi connectivity index (χ2v) is 10.2. The second kappa shape index (κ2) is 7.09. The maximum absolute atomic E-state index is 12.5. The first-order chi connectivity index (χ1) is 12.1. The van der Waals surface area contributed by atoms with Gasteiger partial charge in [-0.1, -0.05) is 26.8 Å². The van der Waals surface area contributed by atoms with Crippen molar-refractivity contribution >= 4 is 32.4 Å². The lowest BCUT2D eigenvalue weighted by molar-refractivity contribution is 0.102. The van der Waals surface area contributed by atoms with Crippen LogP contribution in [0.15, 0.2) is 34.5 Å². The normalized spacial score (nSPS) is 15.0. The van der Waals surface area contributed by atoms with E-state index < -0.39 is 10.0 Å². The van der Waals surface area contributed by atoms with Gasteiger partial charge < -0.3 is 0 Å². The molecule has 1 heterocycles. The van der Waals surface area contributed by atoms with Gasteiger partial charge in [-0.25, -0.2) is 18.1 Å². The first kappa shape index (κ1) is 19.0. The standard InChI is InChI=1S/C18H23N3O3S2/c1-18(2,3)15-11-25-17(20-15)21-16(22)13-5-4-6-14(9-13)26(23,24)19-10-12-7-8-12/h4-6,9,11-12,19H,7-8,10H2,1-3H3,(H,20,21,22). The number of carbonyl (C=O) groups is 1. The molecule has 0 saturated heterocycles. The van der Waals surface area contributed by atoms with Crippen LogP contribution in [-0.2, 0) is 15.4 Å². The summed E-state index contributed by atoms with van der Waals surface area (Å²) in [5, 5.41) is 5.16. The number of sulfonamides is 1. The molecule has 0 bridgehead atoms. The molecular formula is C18H23N3O3S2. The van der Waals surface area contributed by atoms with Crippen molar-refractivity contribution in [1.29, 1.82) is 0 Å². The molecule has 0 unspecified atom stereocenters. The molecule has 6 nitrogen and oxygen atoms in total. The molecule has 1 fully saturated rings. The van der Waals surface area contributed by atoms with E-state index in [-0.39, 0.29) is 21.8 Å². The lowest BCUT2D eigenvalue weighted by Crippen LogP contribution is -2.26. The Bertz CT molecular complexity index is 910. The summed E-state index contributed by atoms with van der Waals surface area (Å²) in [4.78, 5) is 17.0. The zero-order valence-electron chi connectivity index (χ0n) is 15.1. The fourth-order valence-corrected chi connectivity index (χ4v) is 4.38. The van der Waals surface area contributed by atoms with Crippen LogP contribution in [0.2, 0.25) is 0 Å². The Hall–Kier alpha value is -1.77. The molecule has 3 rings (SSSR count). The Morgan fingerprint density at radius 1 is 1.31 bits per heavy atom. The lowest BCUT2D eigenvalue weighted by atomic mass is 9.93. The molecule has 1 saturated carbocycles. The van der Waals surface area contributed by atoms with E-state index in [0.717, 1.165) is 18.5 Å². The van der Waals surface area contributed by atoms with Crippen LogP contribution in [0.1, 0.15) is 49.7 Å². The highest BCUT2D eigenvalue weighted by molar-refractivity contribution is 7.89. The average molecular weight is 394 g/mol. The Morgan fingerprint density at radius 2 is 2.04 bits per heavy atom. The molecule has 1 amide bonds. The van der Waals surface area contributed by atoms with Gasteiger partial charge in [0.05, 0.1) is 10.6 Å². The van der Waals surface area contributed by atoms with Crippen molar-refractivity contribution in [3.05, 3.63) is 40.9 Å². The summed E-state index contributed by atoms with van der Waals surface area (Å²) in [7, 11) is -3.60. The Kier molecular flexibility index (Phi) is 5.18. The number of nitrogens with zero attached hydrogens (tertiary/aromatic N) is 1. The number of carbonyl (C=O) groups excluding carboxylic acids is 1. The van der Waals surface area contributed by atoms with E-state index in [1.54, 1.807) is 12.1 Å². The van der Waals surface area contributed by atoms with E-state index >= 15 is 0 Å². The monoisotopic (exact) mass is 393 g/mol. The van der Waals surface area contributed by atoms with Crippen LogP contribution in [0.4, 0.5) is 5.13 Å². The molecule has 1 aliphatic rings. The highest BCUT2D eigenvalue weighted by atomic mass is 32.2. The smallest absolute Gasteiger partial charge is 0.257 e. The minimum Gasteiger partial charge on any atom is -0.298 e. The minimum atomic E-state index is -3.60. The Labute approximate surface area is 158 Å². The second-order valence-electron chi connectivity index (χ2n) is 7.57. The van der Waals surface area contributed by atoms with Crippen molar-refractivity contribution in [3.63, 3.8) is 0 Å². The number of rotatable bonds is 6. The van der Waals surface area contributed by atoms with Gasteiger partial charge in [0.25, 0.3) is 5.91 Å². The van der Waals surface area contributed by atoms with Gasteiger partial charge in [0, 0.05) is 22.9 Å². The quantitative estimate of drug-likeness (QED) is 0.787. The third kappa shape index (κ3) is 4.69. The SMILES string of the molecule is CC(C)(C)c1csc(NC(=O)c2cccc(S(=O)(=O)NCC3CC3)c2)n1. The average Bonchev–Trinajstić information content (AvgIpc) is 3.29. The summed E-state index contributed by atoms with van der Waals surface area (Å²) in [6.07, 6.45) is 2.13. The Balaban J connectivity index is 1.72. The maximum atomic E-state index is 12.5. The van der Waals surface area contributed by atoms with Gasteiger partial charge in [0.15, 0.2) is 5.13 Å². The van der Waals surface area contributed by atoms with Crippen molar-refractivity contribution in [2.45, 2.75) is 43.9 Å². The summed E-state index contributed by atoms with van der Waals surface area (Å²) in [5.74, 6) is 0.0669. The fraction of sp³-hybridized carbons (Fsp3) is 0.444. The number of benzene rings is 1. The molecule has 1 aromatic heterocycles. The van der Waals surface area contributed by atoms with Crippen LogP contribution in [-0.4, -0.2) is 25.9 Å². The summed E-state index contributed by atoms with van der Waals surface area (Å²) in [5.41, 5.74) is 1.09. The molecule has 26 heavy (non-hydrogen) atoms. The topological polar surface area (TPSA) is 88.2 Å². The van der Waals surface area contributed by atoms with E-state index in [0.29, 0.717) is 17.6 Å². The summed E-state index contributed by atoms with van der Waals surface area (Å²) in [6, 6.07) is 6.05. The molecule has 1 aliphatic carbocycles. The highest BCUT2D eigenvalue weighted by Crippen LogP contribution is 2.28. The van der Waals surface area contributed by atoms with Crippen LogP contribution in [0.3, 0.4) is 0 Å². The number of aromatic nitrogens is 1. The molecule has 2 aromatic rings. The largest absolute Gasteiger partial charge is 0.298 e. The number of thiazole rings is 1. The predicted octanol–water partition coefficient (Wildman–Crippen LogP) is 3.38. The third-order valence-electron chi connectivity index (χ3n) is 4.16. The van der Waals surface area contributed by atoms with Crippen LogP contribution >= 0.6 is 11.3 Å². The molecule has 140 valence electrons. The molecule has 0 radical (unpaired) electrons. The highest BCUT2D eigenvalue weighted by Gasteiger charge is 2.25. The molecule has 0 spiro atoms. The van der Waals surface area contributed by atoms with Crippen LogP contribution in [0.25, 0.3) is 0 Å². The first-order valence-electron chi connectivity index (χ1n) is 8.52. The molecule has 1 aromatic carbocycles. The molecule has 8 heteroatoms. The number of anilines is 1. The zero-order chi connectivity index (χ0) is 18.9. The van der Waals surface area contributed by atoms with E-state index in [4.69, 9.17) is 0 Å². The van der Waals surface area contributed by atoms with E-state index in [2.05, 4.69) is 35.8 Å². The van der Waals surface area contributed by atoms with E-state index in [9.17, 15) is 13.2 Å². The fourth-order valence-electron chi connectivity index (χ4n) is 2.28. The van der Waals surface area contributed by atoms with Crippen LogP contribution < -0.4 is 10.0 Å². The Morgan fingerprint density at radius 3 is 2.65 bits per heavy atom. The molecule has 2 N–H and O–H groups in total. The van der Waals surface area contributed by atoms with Gasteiger partial charge in [0.2, 0.25) is 10.0 Å². The van der Waals surface area contributed by atoms with Gasteiger partial charge in [-0.3, -0.25) is 10.1 Å². The predicted molar refractivity (Wildman–Crippen MR) is 103 cm³/mol. The van der Waals surface area contributed by atoms with Crippen LogP contribution in [0, 0.1) is 5.92 Å². The van der Waals surface area contributed by atoms with Gasteiger partial charge in [-0.15, -0.1) is 11.3 Å². The number of hydrogen-bond donors (Lipinski definition) is 2. The third-order valence-corrected chi connectivity index (χ3v) is 6.34. The summed E-state index contributed by atoms with van der Waals surface area (Å²) < 4.78 is 27.3. The molecular weight excluding hydrogens is 370 g/mol. The zero-order valence-corrected chi connectivity index (χ0v) is 16.7. The molecule has 0 aliphatic heterocycles. The van der Waals surface area contributed by atoms with Gasteiger partial charge in [-0.2, -0.15) is 0 Å². The lowest BCUT2D eigenvalue weighted by Gasteiger charge is -2.14. The van der Waals surface area contributed by atoms with Crippen molar-refractivity contribution in [2.75, 3.05) is 11.9 Å². The first-order valence-corrected chi connectivity index (χ1v) is 10.9. The van der Waals surface area contributed by atoms with E-state index in [1.165, 1.54) is 23.5 Å². The maximum Gasteiger partial charge on any atom is 0.257 e. The van der Waals surface area contributed by atoms with Crippen LogP contribution in [0.5, 0.6) is 0 Å². The van der Waals surface area contributed by atoms with Crippen molar-refractivity contribution in [3.8, 4) is 0 Å². The number of amides is 1. The van der Waals surface area contributed by atoms with Crippen molar-refractivity contribution in [2.24, 2.45) is 5.92 Å². The van der Waals surface area contributed by atoms with Crippen molar-refractivity contribution < 1.29 is 13.2 Å². The number of nitrogens with one attached hydrogen (secondary N) is 2. The number of hydrogen-bond acceptors (Lipinski definition) is 5. The van der Waals surface area contributed by atoms with Gasteiger partial charge >= 0.3 is 0 Å². The molecule has 0 atom stereocenters. The van der Waals surface area contributed by atoms with Gasteiger partial charge in [-0.05, 0) is 37.0 Å². The summed E-state index contributed by atoms with van der Waals surface area (Å²) in [6.45, 7) is 6.61. The minimum absolute atomic E-state index is 0.0965. The van der Waals surface area contributed by atoms with E-state index in [1.807, 2.05) is 5.38 Å².